The standard InChI is InChI=1S/C23H25N5O3/c1-23(2,3)31-20(29)14-16-8-7-9-17(25-16)15-30-22-26-18-10-5-6-11-19(18)28(22)21-24-12-13-27(21)4/h5-13H,14-15H2,1-4H3. The van der Waals surface area contributed by atoms with E-state index in [4.69, 9.17) is 9.47 Å². The van der Waals surface area contributed by atoms with Gasteiger partial charge >= 0.3 is 12.0 Å². The molecular formula is C23H25N5O3. The molecule has 0 aliphatic rings. The molecule has 3 heterocycles. The molecular weight excluding hydrogens is 394 g/mol. The number of para-hydroxylation sites is 2. The molecule has 8 nitrogen and oxygen atoms in total. The Labute approximate surface area is 180 Å². The largest absolute Gasteiger partial charge is 0.460 e. The Morgan fingerprint density at radius 1 is 1.03 bits per heavy atom. The van der Waals surface area contributed by atoms with Crippen LogP contribution < -0.4 is 4.74 Å². The summed E-state index contributed by atoms with van der Waals surface area (Å²) in [6, 6.07) is 13.7. The summed E-state index contributed by atoms with van der Waals surface area (Å²) in [6.07, 6.45) is 3.71. The van der Waals surface area contributed by atoms with Crippen molar-refractivity contribution in [3.63, 3.8) is 0 Å². The molecule has 3 aromatic heterocycles. The number of hydrogen-bond acceptors (Lipinski definition) is 6. The lowest BCUT2D eigenvalue weighted by atomic mass is 10.2. The van der Waals surface area contributed by atoms with Gasteiger partial charge in [0, 0.05) is 19.4 Å². The molecule has 160 valence electrons. The molecule has 0 spiro atoms. The van der Waals surface area contributed by atoms with Gasteiger partial charge in [-0.25, -0.2) is 9.55 Å². The first-order valence-electron chi connectivity index (χ1n) is 10.0. The minimum atomic E-state index is -0.526. The van der Waals surface area contributed by atoms with Crippen molar-refractivity contribution in [2.75, 3.05) is 0 Å². The highest BCUT2D eigenvalue weighted by Gasteiger charge is 2.18. The van der Waals surface area contributed by atoms with Gasteiger partial charge in [-0.3, -0.25) is 9.78 Å². The molecule has 4 rings (SSSR count). The Bertz CT molecular complexity index is 1220. The Morgan fingerprint density at radius 3 is 2.55 bits per heavy atom. The van der Waals surface area contributed by atoms with Crippen LogP contribution in [0.25, 0.3) is 17.0 Å². The van der Waals surface area contributed by atoms with Crippen LogP contribution in [0.1, 0.15) is 32.2 Å². The lowest BCUT2D eigenvalue weighted by molar-refractivity contribution is -0.154. The number of carbonyl (C=O) groups excluding carboxylic acids is 1. The van der Waals surface area contributed by atoms with Gasteiger partial charge in [0.1, 0.15) is 12.2 Å². The summed E-state index contributed by atoms with van der Waals surface area (Å²) in [5.74, 6) is 0.393. The van der Waals surface area contributed by atoms with Crippen molar-refractivity contribution in [3.05, 3.63) is 66.2 Å². The second-order valence-electron chi connectivity index (χ2n) is 8.23. The highest BCUT2D eigenvalue weighted by atomic mass is 16.6. The van der Waals surface area contributed by atoms with Crippen LogP contribution in [-0.4, -0.2) is 35.7 Å². The van der Waals surface area contributed by atoms with Crippen LogP contribution in [0.2, 0.25) is 0 Å². The number of ether oxygens (including phenoxy) is 2. The van der Waals surface area contributed by atoms with Crippen molar-refractivity contribution in [2.24, 2.45) is 7.05 Å². The number of hydrogen-bond donors (Lipinski definition) is 0. The van der Waals surface area contributed by atoms with Crippen molar-refractivity contribution in [1.82, 2.24) is 24.1 Å². The maximum Gasteiger partial charge on any atom is 0.312 e. The summed E-state index contributed by atoms with van der Waals surface area (Å²) in [7, 11) is 1.92. The number of benzene rings is 1. The number of fused-ring (bicyclic) bond motifs is 1. The first kappa shape index (κ1) is 20.6. The molecule has 0 unspecified atom stereocenters. The zero-order valence-electron chi connectivity index (χ0n) is 18.1. The minimum absolute atomic E-state index is 0.108. The predicted molar refractivity (Wildman–Crippen MR) is 116 cm³/mol. The molecule has 0 bridgehead atoms. The van der Waals surface area contributed by atoms with Crippen molar-refractivity contribution >= 4 is 17.0 Å². The summed E-state index contributed by atoms with van der Waals surface area (Å²) in [6.45, 7) is 5.73. The lowest BCUT2D eigenvalue weighted by Gasteiger charge is -2.19. The van der Waals surface area contributed by atoms with Crippen LogP contribution in [0.4, 0.5) is 0 Å². The number of aromatic nitrogens is 5. The van der Waals surface area contributed by atoms with E-state index < -0.39 is 5.60 Å². The topological polar surface area (TPSA) is 84.1 Å². The molecule has 0 N–H and O–H groups in total. The smallest absolute Gasteiger partial charge is 0.312 e. The van der Waals surface area contributed by atoms with E-state index in [1.54, 1.807) is 12.3 Å². The predicted octanol–water partition coefficient (Wildman–Crippen LogP) is 3.62. The highest BCUT2D eigenvalue weighted by molar-refractivity contribution is 5.78. The second-order valence-corrected chi connectivity index (χ2v) is 8.23. The average molecular weight is 419 g/mol. The third kappa shape index (κ3) is 4.74. The summed E-state index contributed by atoms with van der Waals surface area (Å²) in [5, 5.41) is 0. The van der Waals surface area contributed by atoms with Gasteiger partial charge in [0.05, 0.1) is 28.8 Å². The minimum Gasteiger partial charge on any atom is -0.460 e. The number of imidazole rings is 2. The van der Waals surface area contributed by atoms with E-state index in [2.05, 4.69) is 15.0 Å². The number of carbonyl (C=O) groups is 1. The van der Waals surface area contributed by atoms with Crippen LogP contribution in [0.5, 0.6) is 6.01 Å². The van der Waals surface area contributed by atoms with Crippen LogP contribution in [0.15, 0.2) is 54.9 Å². The van der Waals surface area contributed by atoms with Gasteiger partial charge in [-0.2, -0.15) is 4.98 Å². The molecule has 31 heavy (non-hydrogen) atoms. The molecule has 0 aliphatic heterocycles. The lowest BCUT2D eigenvalue weighted by Crippen LogP contribution is -2.25. The van der Waals surface area contributed by atoms with Gasteiger partial charge in [0.2, 0.25) is 5.95 Å². The number of pyridine rings is 1. The number of rotatable bonds is 6. The number of esters is 1. The zero-order chi connectivity index (χ0) is 22.0. The Balaban J connectivity index is 1.55. The van der Waals surface area contributed by atoms with E-state index in [1.807, 2.05) is 79.5 Å². The first-order chi connectivity index (χ1) is 14.8. The van der Waals surface area contributed by atoms with Crippen molar-refractivity contribution in [1.29, 1.82) is 0 Å². The summed E-state index contributed by atoms with van der Waals surface area (Å²) < 4.78 is 15.2. The van der Waals surface area contributed by atoms with E-state index in [-0.39, 0.29) is 19.0 Å². The first-order valence-corrected chi connectivity index (χ1v) is 10.0. The molecule has 4 aromatic rings. The Hall–Kier alpha value is -3.68. The molecule has 0 saturated heterocycles. The van der Waals surface area contributed by atoms with Gasteiger partial charge in [-0.1, -0.05) is 18.2 Å². The van der Waals surface area contributed by atoms with Crippen LogP contribution in [-0.2, 0) is 29.6 Å². The van der Waals surface area contributed by atoms with Crippen molar-refractivity contribution < 1.29 is 14.3 Å². The third-order valence-corrected chi connectivity index (χ3v) is 4.48. The average Bonchev–Trinajstić information content (AvgIpc) is 3.27. The highest BCUT2D eigenvalue weighted by Crippen LogP contribution is 2.25. The quantitative estimate of drug-likeness (QED) is 0.444. The van der Waals surface area contributed by atoms with Gasteiger partial charge < -0.3 is 14.0 Å². The van der Waals surface area contributed by atoms with E-state index in [0.717, 1.165) is 11.0 Å². The maximum absolute atomic E-state index is 12.1. The SMILES string of the molecule is Cn1ccnc1-n1c(OCc2cccc(CC(=O)OC(C)(C)C)n2)nc2ccccc21. The molecule has 0 saturated carbocycles. The summed E-state index contributed by atoms with van der Waals surface area (Å²) in [4.78, 5) is 25.7. The van der Waals surface area contributed by atoms with Crippen LogP contribution in [0.3, 0.4) is 0 Å². The normalized spacial score (nSPS) is 11.6. The molecule has 1 aromatic carbocycles. The number of nitrogens with zero attached hydrogens (tertiary/aromatic N) is 5. The molecule has 8 heteroatoms. The van der Waals surface area contributed by atoms with E-state index in [0.29, 0.717) is 23.3 Å². The fourth-order valence-electron chi connectivity index (χ4n) is 3.24. The van der Waals surface area contributed by atoms with Gasteiger partial charge in [-0.15, -0.1) is 0 Å². The fraction of sp³-hybridized carbons (Fsp3) is 0.304. The summed E-state index contributed by atoms with van der Waals surface area (Å²) >= 11 is 0. The summed E-state index contributed by atoms with van der Waals surface area (Å²) in [5.41, 5.74) is 2.51. The van der Waals surface area contributed by atoms with Crippen LogP contribution in [0, 0.1) is 0 Å². The Morgan fingerprint density at radius 2 is 1.81 bits per heavy atom. The maximum atomic E-state index is 12.1. The zero-order valence-corrected chi connectivity index (χ0v) is 18.1. The van der Waals surface area contributed by atoms with Gasteiger partial charge in [0.15, 0.2) is 0 Å². The number of aryl methyl sites for hydroxylation is 1. The van der Waals surface area contributed by atoms with Gasteiger partial charge in [0.25, 0.3) is 0 Å². The fourth-order valence-corrected chi connectivity index (χ4v) is 3.24. The van der Waals surface area contributed by atoms with E-state index in [9.17, 15) is 4.79 Å². The van der Waals surface area contributed by atoms with Crippen molar-refractivity contribution in [3.8, 4) is 12.0 Å². The molecule has 0 radical (unpaired) electrons. The van der Waals surface area contributed by atoms with Crippen molar-refractivity contribution in [2.45, 2.75) is 39.4 Å². The third-order valence-electron chi connectivity index (χ3n) is 4.48. The van der Waals surface area contributed by atoms with E-state index >= 15 is 0 Å². The Kier molecular flexibility index (Phi) is 5.46. The molecule has 0 aliphatic carbocycles. The molecule has 0 amide bonds. The van der Waals surface area contributed by atoms with Gasteiger partial charge in [-0.05, 0) is 45.0 Å². The monoisotopic (exact) mass is 419 g/mol. The molecule has 0 fully saturated rings. The van der Waals surface area contributed by atoms with Crippen LogP contribution >= 0.6 is 0 Å². The second kappa shape index (κ2) is 8.22. The van der Waals surface area contributed by atoms with E-state index in [1.165, 1.54) is 0 Å². The molecule has 0 atom stereocenters.